The molecule has 1 atom stereocenters. The van der Waals surface area contributed by atoms with E-state index in [0.717, 1.165) is 128 Å². The molecule has 0 aromatic carbocycles. The van der Waals surface area contributed by atoms with E-state index < -0.39 is 6.10 Å². The van der Waals surface area contributed by atoms with Crippen molar-refractivity contribution in [1.29, 1.82) is 0 Å². The van der Waals surface area contributed by atoms with Crippen LogP contribution < -0.4 is 0 Å². The van der Waals surface area contributed by atoms with E-state index in [-0.39, 0.29) is 37.5 Å². The van der Waals surface area contributed by atoms with Crippen molar-refractivity contribution in [2.75, 3.05) is 13.2 Å². The Labute approximate surface area is 373 Å². The molecule has 340 valence electrons. The van der Waals surface area contributed by atoms with Crippen LogP contribution in [0.2, 0.25) is 0 Å². The summed E-state index contributed by atoms with van der Waals surface area (Å²) in [7, 11) is 0. The Bertz CT molecular complexity index is 1380. The van der Waals surface area contributed by atoms with Crippen LogP contribution in [0.3, 0.4) is 0 Å². The van der Waals surface area contributed by atoms with E-state index in [1.54, 1.807) is 0 Å². The average molecular weight is 841 g/mol. The highest BCUT2D eigenvalue weighted by molar-refractivity contribution is 5.71. The Morgan fingerprint density at radius 2 is 0.672 bits per heavy atom. The van der Waals surface area contributed by atoms with Gasteiger partial charge < -0.3 is 14.2 Å². The smallest absolute Gasteiger partial charge is 0.306 e. The number of esters is 3. The first-order valence-corrected chi connectivity index (χ1v) is 23.7. The van der Waals surface area contributed by atoms with Gasteiger partial charge in [0.2, 0.25) is 0 Å². The van der Waals surface area contributed by atoms with Crippen LogP contribution in [-0.2, 0) is 28.6 Å². The standard InChI is InChI=1S/C55H84O6/c1-4-7-10-13-16-19-22-25-27-29-30-33-36-39-42-45-48-54(57)60-51-52(50-59-53(56)47-44-41-38-35-32-24-21-18-15-12-9-6-3)61-55(58)49-46-43-40-37-34-31-28-26-23-20-17-14-11-8-5-2/h7-12,14,16-21,23,25-28,30,32-33,35,52H,4-6,13,15,22,24,29,31,34,36-51H2,1-3H3/b10-7-,11-8-,12-9-,17-14-,19-16-,21-18-,23-20-,27-25-,28-26-,33-30-,35-32-. The van der Waals surface area contributed by atoms with Gasteiger partial charge in [-0.1, -0.05) is 180 Å². The van der Waals surface area contributed by atoms with Gasteiger partial charge in [0.05, 0.1) is 0 Å². The fourth-order valence-corrected chi connectivity index (χ4v) is 5.75. The van der Waals surface area contributed by atoms with Gasteiger partial charge in [0.25, 0.3) is 0 Å². The molecule has 0 N–H and O–H groups in total. The third-order valence-electron chi connectivity index (χ3n) is 9.23. The van der Waals surface area contributed by atoms with E-state index >= 15 is 0 Å². The van der Waals surface area contributed by atoms with Gasteiger partial charge >= 0.3 is 17.9 Å². The lowest BCUT2D eigenvalue weighted by molar-refractivity contribution is -0.167. The van der Waals surface area contributed by atoms with Gasteiger partial charge in [0, 0.05) is 19.3 Å². The predicted molar refractivity (Wildman–Crippen MR) is 260 cm³/mol. The predicted octanol–water partition coefficient (Wildman–Crippen LogP) is 15.5. The van der Waals surface area contributed by atoms with Gasteiger partial charge in [-0.25, -0.2) is 0 Å². The van der Waals surface area contributed by atoms with E-state index in [1.165, 1.54) is 0 Å². The zero-order valence-corrected chi connectivity index (χ0v) is 38.6. The third kappa shape index (κ3) is 46.5. The van der Waals surface area contributed by atoms with E-state index in [4.69, 9.17) is 14.2 Å². The molecule has 0 rings (SSSR count). The van der Waals surface area contributed by atoms with Crippen LogP contribution in [0.15, 0.2) is 134 Å². The number of unbranched alkanes of at least 4 members (excludes halogenated alkanes) is 10. The van der Waals surface area contributed by atoms with Gasteiger partial charge in [-0.15, -0.1) is 0 Å². The van der Waals surface area contributed by atoms with E-state index in [2.05, 4.69) is 130 Å². The number of rotatable bonds is 40. The van der Waals surface area contributed by atoms with Crippen LogP contribution in [0.1, 0.15) is 175 Å². The van der Waals surface area contributed by atoms with E-state index in [0.29, 0.717) is 19.3 Å². The summed E-state index contributed by atoms with van der Waals surface area (Å²) in [4.78, 5) is 37.9. The molecule has 0 aliphatic rings. The molecule has 0 aliphatic carbocycles. The van der Waals surface area contributed by atoms with Crippen LogP contribution in [-0.4, -0.2) is 37.2 Å². The second-order valence-electron chi connectivity index (χ2n) is 15.0. The fourth-order valence-electron chi connectivity index (χ4n) is 5.75. The molecule has 1 unspecified atom stereocenters. The summed E-state index contributed by atoms with van der Waals surface area (Å²) in [5, 5.41) is 0. The molecular weight excluding hydrogens is 757 g/mol. The quantitative estimate of drug-likeness (QED) is 0.0201. The zero-order chi connectivity index (χ0) is 44.4. The number of carbonyl (C=O) groups is 3. The number of allylic oxidation sites excluding steroid dienone is 22. The summed E-state index contributed by atoms with van der Waals surface area (Å²) in [6.45, 7) is 6.15. The van der Waals surface area contributed by atoms with Gasteiger partial charge in [-0.05, 0) is 109 Å². The molecule has 6 heteroatoms. The minimum absolute atomic E-state index is 0.122. The molecule has 0 fully saturated rings. The van der Waals surface area contributed by atoms with Crippen molar-refractivity contribution in [1.82, 2.24) is 0 Å². The van der Waals surface area contributed by atoms with Gasteiger partial charge in [0.15, 0.2) is 6.10 Å². The van der Waals surface area contributed by atoms with Gasteiger partial charge in [-0.2, -0.15) is 0 Å². The number of hydrogen-bond donors (Lipinski definition) is 0. The first-order valence-electron chi connectivity index (χ1n) is 23.7. The summed E-state index contributed by atoms with van der Waals surface area (Å²) in [5.74, 6) is -1.03. The molecule has 0 spiro atoms. The molecule has 0 aromatic heterocycles. The maximum absolute atomic E-state index is 12.8. The fraction of sp³-hybridized carbons (Fsp3) is 0.545. The summed E-state index contributed by atoms with van der Waals surface area (Å²) in [5.41, 5.74) is 0. The van der Waals surface area contributed by atoms with Gasteiger partial charge in [-0.3, -0.25) is 14.4 Å². The molecule has 0 aliphatic heterocycles. The van der Waals surface area contributed by atoms with Crippen molar-refractivity contribution in [2.24, 2.45) is 0 Å². The van der Waals surface area contributed by atoms with Crippen molar-refractivity contribution >= 4 is 17.9 Å². The van der Waals surface area contributed by atoms with Crippen molar-refractivity contribution in [2.45, 2.75) is 181 Å². The second-order valence-corrected chi connectivity index (χ2v) is 15.0. The highest BCUT2D eigenvalue weighted by Gasteiger charge is 2.19. The van der Waals surface area contributed by atoms with Crippen LogP contribution in [0.5, 0.6) is 0 Å². The molecule has 0 amide bonds. The van der Waals surface area contributed by atoms with E-state index in [1.807, 2.05) is 24.3 Å². The monoisotopic (exact) mass is 841 g/mol. The van der Waals surface area contributed by atoms with E-state index in [9.17, 15) is 14.4 Å². The molecular formula is C55H84O6. The summed E-state index contributed by atoms with van der Waals surface area (Å²) in [6, 6.07) is 0. The molecule has 0 aromatic rings. The molecule has 0 saturated carbocycles. The highest BCUT2D eigenvalue weighted by atomic mass is 16.6. The first-order chi connectivity index (χ1) is 30.0. The van der Waals surface area contributed by atoms with Crippen molar-refractivity contribution < 1.29 is 28.6 Å². The van der Waals surface area contributed by atoms with Crippen molar-refractivity contribution in [3.05, 3.63) is 134 Å². The summed E-state index contributed by atoms with van der Waals surface area (Å²) >= 11 is 0. The lowest BCUT2D eigenvalue weighted by atomic mass is 10.1. The third-order valence-corrected chi connectivity index (χ3v) is 9.23. The molecule has 6 nitrogen and oxygen atoms in total. The average Bonchev–Trinajstić information content (AvgIpc) is 3.26. The molecule has 0 radical (unpaired) electrons. The first kappa shape index (κ1) is 56.5. The SMILES string of the molecule is CC\C=C/C=C\C=C/C=C\CCCCCCCC(=O)OC(COC(=O)CCCC/C=C\C/C=C\C/C=C\CC)COC(=O)CCCCC/C=C\C/C=C\C/C=C\C/C=C\CC. The second kappa shape index (κ2) is 48.2. The Hall–Kier alpha value is -4.45. The highest BCUT2D eigenvalue weighted by Crippen LogP contribution is 2.11. The molecule has 0 heterocycles. The minimum Gasteiger partial charge on any atom is -0.462 e. The Morgan fingerprint density at radius 3 is 1.16 bits per heavy atom. The number of hydrogen-bond acceptors (Lipinski definition) is 6. The lowest BCUT2D eigenvalue weighted by Gasteiger charge is -2.18. The Kier molecular flexibility index (Phi) is 44.7. The molecule has 61 heavy (non-hydrogen) atoms. The number of ether oxygens (including phenoxy) is 3. The Balaban J connectivity index is 4.57. The molecule has 0 bridgehead atoms. The normalized spacial score (nSPS) is 13.3. The largest absolute Gasteiger partial charge is 0.462 e. The van der Waals surface area contributed by atoms with Crippen molar-refractivity contribution in [3.63, 3.8) is 0 Å². The van der Waals surface area contributed by atoms with Crippen LogP contribution in [0.4, 0.5) is 0 Å². The summed E-state index contributed by atoms with van der Waals surface area (Å²) in [6.07, 6.45) is 67.2. The van der Waals surface area contributed by atoms with Gasteiger partial charge in [0.1, 0.15) is 13.2 Å². The number of carbonyl (C=O) groups excluding carboxylic acids is 3. The van der Waals surface area contributed by atoms with Crippen LogP contribution in [0, 0.1) is 0 Å². The maximum Gasteiger partial charge on any atom is 0.306 e. The maximum atomic E-state index is 12.8. The Morgan fingerprint density at radius 1 is 0.344 bits per heavy atom. The van der Waals surface area contributed by atoms with Crippen LogP contribution in [0.25, 0.3) is 0 Å². The topological polar surface area (TPSA) is 78.9 Å². The lowest BCUT2D eigenvalue weighted by Crippen LogP contribution is -2.30. The van der Waals surface area contributed by atoms with Crippen LogP contribution >= 0.6 is 0 Å². The molecule has 0 saturated heterocycles. The minimum atomic E-state index is -0.823. The van der Waals surface area contributed by atoms with Crippen molar-refractivity contribution in [3.8, 4) is 0 Å². The zero-order valence-electron chi connectivity index (χ0n) is 38.6. The summed E-state index contributed by atoms with van der Waals surface area (Å²) < 4.78 is 16.7.